The van der Waals surface area contributed by atoms with Crippen molar-refractivity contribution in [2.75, 3.05) is 12.8 Å². The molecule has 0 bridgehead atoms. The highest BCUT2D eigenvalue weighted by Crippen LogP contribution is 2.40. The smallest absolute Gasteiger partial charge is 0.130 e. The molecule has 0 saturated carbocycles. The number of hydrogen-bond acceptors (Lipinski definition) is 4. The van der Waals surface area contributed by atoms with Crippen LogP contribution in [0.5, 0.6) is 5.75 Å². The largest absolute Gasteiger partial charge is 0.496 e. The average molecular weight is 269 g/mol. The van der Waals surface area contributed by atoms with Crippen LogP contribution in [0.2, 0.25) is 0 Å². The van der Waals surface area contributed by atoms with Gasteiger partial charge in [0.1, 0.15) is 17.3 Å². The number of hydrogen-bond donors (Lipinski definition) is 1. The van der Waals surface area contributed by atoms with E-state index < -0.39 is 0 Å². The van der Waals surface area contributed by atoms with Crippen molar-refractivity contribution in [1.29, 1.82) is 0 Å². The molecule has 0 aliphatic heterocycles. The van der Waals surface area contributed by atoms with E-state index in [-0.39, 0.29) is 0 Å². The Morgan fingerprint density at radius 3 is 2.75 bits per heavy atom. The molecular weight excluding hydrogens is 254 g/mol. The predicted octanol–water partition coefficient (Wildman–Crippen LogP) is 2.94. The van der Waals surface area contributed by atoms with Crippen molar-refractivity contribution in [3.05, 3.63) is 42.9 Å². The summed E-state index contributed by atoms with van der Waals surface area (Å²) < 4.78 is 12.2. The summed E-state index contributed by atoms with van der Waals surface area (Å²) in [6.45, 7) is 0. The molecule has 5 heteroatoms. The molecule has 0 aliphatic carbocycles. The first-order chi connectivity index (χ1) is 9.72. The lowest BCUT2D eigenvalue weighted by molar-refractivity contribution is 0.416. The number of methoxy groups -OCH3 is 1. The van der Waals surface area contributed by atoms with Gasteiger partial charge in [0.25, 0.3) is 0 Å². The number of anilines is 1. The van der Waals surface area contributed by atoms with Gasteiger partial charge in [-0.2, -0.15) is 5.10 Å². The van der Waals surface area contributed by atoms with Crippen LogP contribution in [0.4, 0.5) is 5.82 Å². The number of para-hydroxylation sites is 1. The minimum atomic E-state index is 0.589. The second-order valence-corrected chi connectivity index (χ2v) is 4.44. The summed E-state index contributed by atoms with van der Waals surface area (Å²) in [5.74, 6) is 1.35. The lowest BCUT2D eigenvalue weighted by Gasteiger charge is -2.08. The number of nitrogen functional groups attached to an aromatic ring is 1. The van der Waals surface area contributed by atoms with E-state index in [1.807, 2.05) is 37.4 Å². The maximum absolute atomic E-state index is 6.18. The van der Waals surface area contributed by atoms with Crippen molar-refractivity contribution in [3.8, 4) is 28.1 Å². The standard InChI is InChI=1S/C15H15N3O2/c1-18-15(16)13(11-5-3-4-6-12(11)19-2)14(17-18)10-7-8-20-9-10/h3-9H,16H2,1-2H3. The number of nitrogens with two attached hydrogens (primary N) is 1. The number of aryl methyl sites for hydroxylation is 1. The zero-order valence-electron chi connectivity index (χ0n) is 11.3. The Labute approximate surface area is 116 Å². The van der Waals surface area contributed by atoms with Gasteiger partial charge in [-0.1, -0.05) is 18.2 Å². The first kappa shape index (κ1) is 12.3. The third kappa shape index (κ3) is 1.84. The van der Waals surface area contributed by atoms with Crippen molar-refractivity contribution >= 4 is 5.82 Å². The summed E-state index contributed by atoms with van der Waals surface area (Å²) in [7, 11) is 3.46. The number of benzene rings is 1. The Balaban J connectivity index is 2.28. The fourth-order valence-electron chi connectivity index (χ4n) is 2.25. The Morgan fingerprint density at radius 2 is 2.05 bits per heavy atom. The molecule has 0 saturated heterocycles. The van der Waals surface area contributed by atoms with Gasteiger partial charge in [-0.25, -0.2) is 0 Å². The van der Waals surface area contributed by atoms with Gasteiger partial charge in [0, 0.05) is 18.2 Å². The number of aromatic nitrogens is 2. The molecule has 0 aliphatic rings. The summed E-state index contributed by atoms with van der Waals surface area (Å²) in [4.78, 5) is 0. The summed E-state index contributed by atoms with van der Waals surface area (Å²) in [5, 5.41) is 4.48. The normalized spacial score (nSPS) is 10.7. The number of rotatable bonds is 3. The van der Waals surface area contributed by atoms with Crippen LogP contribution in [0.15, 0.2) is 47.3 Å². The summed E-state index contributed by atoms with van der Waals surface area (Å²) in [6, 6.07) is 9.60. The van der Waals surface area contributed by atoms with Gasteiger partial charge in [-0.3, -0.25) is 4.68 Å². The van der Waals surface area contributed by atoms with Crippen LogP contribution in [-0.2, 0) is 7.05 Å². The molecular formula is C15H15N3O2. The minimum absolute atomic E-state index is 0.589. The Bertz CT molecular complexity index is 730. The molecule has 102 valence electrons. The van der Waals surface area contributed by atoms with Crippen molar-refractivity contribution < 1.29 is 9.15 Å². The second-order valence-electron chi connectivity index (χ2n) is 4.44. The fourth-order valence-corrected chi connectivity index (χ4v) is 2.25. The highest BCUT2D eigenvalue weighted by atomic mass is 16.5. The quantitative estimate of drug-likeness (QED) is 0.793. The fraction of sp³-hybridized carbons (Fsp3) is 0.133. The number of nitrogens with zero attached hydrogens (tertiary/aromatic N) is 2. The van der Waals surface area contributed by atoms with Crippen molar-refractivity contribution in [2.24, 2.45) is 7.05 Å². The predicted molar refractivity (Wildman–Crippen MR) is 77.3 cm³/mol. The average Bonchev–Trinajstić information content (AvgIpc) is 3.08. The van der Waals surface area contributed by atoms with Crippen molar-refractivity contribution in [3.63, 3.8) is 0 Å². The van der Waals surface area contributed by atoms with Crippen LogP contribution in [0.1, 0.15) is 0 Å². The SMILES string of the molecule is COc1ccccc1-c1c(-c2ccoc2)nn(C)c1N. The highest BCUT2D eigenvalue weighted by molar-refractivity contribution is 5.90. The molecule has 2 heterocycles. The third-order valence-electron chi connectivity index (χ3n) is 3.26. The van der Waals surface area contributed by atoms with Gasteiger partial charge in [0.2, 0.25) is 0 Å². The Hall–Kier alpha value is -2.69. The summed E-state index contributed by atoms with van der Waals surface area (Å²) in [6.07, 6.45) is 3.27. The van der Waals surface area contributed by atoms with Gasteiger partial charge in [-0.15, -0.1) is 0 Å². The van der Waals surface area contributed by atoms with E-state index in [9.17, 15) is 0 Å². The number of ether oxygens (including phenoxy) is 1. The van der Waals surface area contributed by atoms with Crippen LogP contribution in [0.3, 0.4) is 0 Å². The first-order valence-corrected chi connectivity index (χ1v) is 6.20. The molecule has 0 amide bonds. The van der Waals surface area contributed by atoms with E-state index in [1.165, 1.54) is 0 Å². The third-order valence-corrected chi connectivity index (χ3v) is 3.26. The molecule has 0 unspecified atom stereocenters. The summed E-state index contributed by atoms with van der Waals surface area (Å²) in [5.41, 5.74) is 9.61. The summed E-state index contributed by atoms with van der Waals surface area (Å²) >= 11 is 0. The second kappa shape index (κ2) is 4.77. The van der Waals surface area contributed by atoms with Crippen LogP contribution < -0.4 is 10.5 Å². The van der Waals surface area contributed by atoms with Gasteiger partial charge >= 0.3 is 0 Å². The molecule has 2 aromatic heterocycles. The number of furan rings is 1. The topological polar surface area (TPSA) is 66.2 Å². The van der Waals surface area contributed by atoms with Crippen molar-refractivity contribution in [2.45, 2.75) is 0 Å². The van der Waals surface area contributed by atoms with Crippen molar-refractivity contribution in [1.82, 2.24) is 9.78 Å². The van der Waals surface area contributed by atoms with Gasteiger partial charge in [0.15, 0.2) is 0 Å². The molecule has 0 radical (unpaired) electrons. The van der Waals surface area contributed by atoms with Gasteiger partial charge < -0.3 is 14.9 Å². The van der Waals surface area contributed by atoms with Gasteiger partial charge in [0.05, 0.1) is 25.2 Å². The Kier molecular flexibility index (Phi) is 2.95. The van der Waals surface area contributed by atoms with Crippen LogP contribution in [0.25, 0.3) is 22.4 Å². The zero-order chi connectivity index (χ0) is 14.1. The lowest BCUT2D eigenvalue weighted by Crippen LogP contribution is -1.98. The maximum Gasteiger partial charge on any atom is 0.130 e. The molecule has 20 heavy (non-hydrogen) atoms. The van der Waals surface area contributed by atoms with Crippen LogP contribution in [0, 0.1) is 0 Å². The molecule has 2 N–H and O–H groups in total. The van der Waals surface area contributed by atoms with Gasteiger partial charge in [-0.05, 0) is 12.1 Å². The highest BCUT2D eigenvalue weighted by Gasteiger charge is 2.20. The molecule has 0 spiro atoms. The van der Waals surface area contributed by atoms with E-state index in [4.69, 9.17) is 14.9 Å². The molecule has 3 rings (SSSR count). The van der Waals surface area contributed by atoms with E-state index >= 15 is 0 Å². The van der Waals surface area contributed by atoms with E-state index in [0.717, 1.165) is 28.1 Å². The van der Waals surface area contributed by atoms with Crippen LogP contribution >= 0.6 is 0 Å². The molecule has 0 fully saturated rings. The molecule has 1 aromatic carbocycles. The molecule has 0 atom stereocenters. The molecule has 3 aromatic rings. The lowest BCUT2D eigenvalue weighted by atomic mass is 10.0. The van der Waals surface area contributed by atoms with Crippen LogP contribution in [-0.4, -0.2) is 16.9 Å². The zero-order valence-corrected chi connectivity index (χ0v) is 11.3. The minimum Gasteiger partial charge on any atom is -0.496 e. The molecule has 5 nitrogen and oxygen atoms in total. The maximum atomic E-state index is 6.18. The Morgan fingerprint density at radius 1 is 1.25 bits per heavy atom. The van der Waals surface area contributed by atoms with E-state index in [2.05, 4.69) is 5.10 Å². The monoisotopic (exact) mass is 269 g/mol. The van der Waals surface area contributed by atoms with E-state index in [0.29, 0.717) is 5.82 Å². The first-order valence-electron chi connectivity index (χ1n) is 6.20. The van der Waals surface area contributed by atoms with E-state index in [1.54, 1.807) is 24.3 Å².